The van der Waals surface area contributed by atoms with Gasteiger partial charge >= 0.3 is 0 Å². The minimum atomic E-state index is -0.167. The average Bonchev–Trinajstić information content (AvgIpc) is 2.16. The number of benzene rings is 1. The van der Waals surface area contributed by atoms with E-state index in [0.29, 0.717) is 11.3 Å². The molecule has 3 nitrogen and oxygen atoms in total. The van der Waals surface area contributed by atoms with E-state index in [0.717, 1.165) is 4.90 Å². The van der Waals surface area contributed by atoms with Gasteiger partial charge in [-0.05, 0) is 24.5 Å². The number of nitrogens with zero attached hydrogens (tertiary/aromatic N) is 1. The Morgan fingerprint density at radius 2 is 2.29 bits per heavy atom. The highest BCUT2D eigenvalue weighted by molar-refractivity contribution is 7.98. The lowest BCUT2D eigenvalue weighted by Gasteiger charge is -2.05. The van der Waals surface area contributed by atoms with E-state index in [-0.39, 0.29) is 5.91 Å². The summed E-state index contributed by atoms with van der Waals surface area (Å²) >= 11 is 1.57. The molecule has 0 atom stereocenters. The quantitative estimate of drug-likeness (QED) is 0.755. The minimum absolute atomic E-state index is 0.167. The van der Waals surface area contributed by atoms with E-state index < -0.39 is 0 Å². The van der Waals surface area contributed by atoms with Crippen LogP contribution in [-0.4, -0.2) is 12.2 Å². The first-order chi connectivity index (χ1) is 6.67. The molecule has 0 heterocycles. The SMILES string of the molecule is CSc1ccc(C#N)c(NC(C)=O)c1. The van der Waals surface area contributed by atoms with Crippen molar-refractivity contribution in [3.63, 3.8) is 0 Å². The van der Waals surface area contributed by atoms with E-state index in [1.54, 1.807) is 23.9 Å². The fraction of sp³-hybridized carbons (Fsp3) is 0.200. The van der Waals surface area contributed by atoms with Crippen LogP contribution in [0.2, 0.25) is 0 Å². The van der Waals surface area contributed by atoms with Crippen molar-refractivity contribution in [2.24, 2.45) is 0 Å². The first-order valence-corrected chi connectivity index (χ1v) is 5.25. The monoisotopic (exact) mass is 206 g/mol. The lowest BCUT2D eigenvalue weighted by Crippen LogP contribution is -2.07. The highest BCUT2D eigenvalue weighted by Crippen LogP contribution is 2.22. The molecule has 1 N–H and O–H groups in total. The van der Waals surface area contributed by atoms with Gasteiger partial charge in [-0.25, -0.2) is 0 Å². The van der Waals surface area contributed by atoms with Crippen molar-refractivity contribution in [2.45, 2.75) is 11.8 Å². The molecule has 0 saturated carbocycles. The van der Waals surface area contributed by atoms with Gasteiger partial charge < -0.3 is 5.32 Å². The van der Waals surface area contributed by atoms with Gasteiger partial charge in [0.05, 0.1) is 11.3 Å². The maximum Gasteiger partial charge on any atom is 0.221 e. The van der Waals surface area contributed by atoms with Crippen molar-refractivity contribution in [2.75, 3.05) is 11.6 Å². The topological polar surface area (TPSA) is 52.9 Å². The summed E-state index contributed by atoms with van der Waals surface area (Å²) in [6, 6.07) is 7.39. The maximum absolute atomic E-state index is 10.9. The van der Waals surface area contributed by atoms with Crippen molar-refractivity contribution in [3.05, 3.63) is 23.8 Å². The molecule has 0 aliphatic heterocycles. The predicted molar refractivity (Wildman–Crippen MR) is 57.2 cm³/mol. The smallest absolute Gasteiger partial charge is 0.221 e. The van der Waals surface area contributed by atoms with E-state index >= 15 is 0 Å². The molecule has 1 amide bonds. The number of carbonyl (C=O) groups excluding carboxylic acids is 1. The van der Waals surface area contributed by atoms with Crippen LogP contribution < -0.4 is 5.32 Å². The molecule has 0 saturated heterocycles. The minimum Gasteiger partial charge on any atom is -0.325 e. The van der Waals surface area contributed by atoms with Gasteiger partial charge in [-0.15, -0.1) is 11.8 Å². The van der Waals surface area contributed by atoms with E-state index in [1.807, 2.05) is 18.4 Å². The van der Waals surface area contributed by atoms with Gasteiger partial charge in [-0.1, -0.05) is 0 Å². The van der Waals surface area contributed by atoms with E-state index in [9.17, 15) is 4.79 Å². The number of nitriles is 1. The van der Waals surface area contributed by atoms with Gasteiger partial charge in [0, 0.05) is 11.8 Å². The Morgan fingerprint density at radius 3 is 2.79 bits per heavy atom. The van der Waals surface area contributed by atoms with E-state index in [2.05, 4.69) is 5.32 Å². The summed E-state index contributed by atoms with van der Waals surface area (Å²) in [5.41, 5.74) is 1.06. The molecule has 0 radical (unpaired) electrons. The zero-order valence-electron chi connectivity index (χ0n) is 8.00. The summed E-state index contributed by atoms with van der Waals surface area (Å²) in [5.74, 6) is -0.167. The fourth-order valence-corrected chi connectivity index (χ4v) is 1.48. The van der Waals surface area contributed by atoms with Crippen molar-refractivity contribution in [1.82, 2.24) is 0 Å². The first kappa shape index (κ1) is 10.6. The molecule has 1 aromatic carbocycles. The number of rotatable bonds is 2. The summed E-state index contributed by atoms with van der Waals surface area (Å²) in [4.78, 5) is 11.9. The first-order valence-electron chi connectivity index (χ1n) is 4.03. The average molecular weight is 206 g/mol. The van der Waals surface area contributed by atoms with E-state index in [1.165, 1.54) is 6.92 Å². The van der Waals surface area contributed by atoms with Gasteiger partial charge in [0.25, 0.3) is 0 Å². The molecule has 0 aliphatic carbocycles. The van der Waals surface area contributed by atoms with Crippen LogP contribution >= 0.6 is 11.8 Å². The Morgan fingerprint density at radius 1 is 1.57 bits per heavy atom. The van der Waals surface area contributed by atoms with E-state index in [4.69, 9.17) is 5.26 Å². The van der Waals surface area contributed by atoms with Crippen LogP contribution in [0.5, 0.6) is 0 Å². The Bertz CT molecular complexity index is 396. The number of anilines is 1. The second-order valence-corrected chi connectivity index (χ2v) is 3.58. The Hall–Kier alpha value is -1.47. The van der Waals surface area contributed by atoms with Crippen LogP contribution in [0.25, 0.3) is 0 Å². The molecule has 4 heteroatoms. The van der Waals surface area contributed by atoms with Crippen LogP contribution in [0.3, 0.4) is 0 Å². The zero-order chi connectivity index (χ0) is 10.6. The van der Waals surface area contributed by atoms with Gasteiger partial charge in [0.2, 0.25) is 5.91 Å². The maximum atomic E-state index is 10.9. The molecular weight excluding hydrogens is 196 g/mol. The third kappa shape index (κ3) is 2.51. The van der Waals surface area contributed by atoms with Crippen molar-refractivity contribution in [3.8, 4) is 6.07 Å². The molecule has 0 bridgehead atoms. The number of hydrogen-bond donors (Lipinski definition) is 1. The van der Waals surface area contributed by atoms with Crippen molar-refractivity contribution >= 4 is 23.4 Å². The van der Waals surface area contributed by atoms with Gasteiger partial charge in [0.15, 0.2) is 0 Å². The lowest BCUT2D eigenvalue weighted by atomic mass is 10.2. The summed E-state index contributed by atoms with van der Waals surface area (Å²) in [5, 5.41) is 11.4. The summed E-state index contributed by atoms with van der Waals surface area (Å²) in [7, 11) is 0. The third-order valence-electron chi connectivity index (χ3n) is 1.66. The normalized spacial score (nSPS) is 9.21. The third-order valence-corrected chi connectivity index (χ3v) is 2.38. The molecule has 0 spiro atoms. The number of thioether (sulfide) groups is 1. The van der Waals surface area contributed by atoms with Crippen LogP contribution in [-0.2, 0) is 4.79 Å². The Kier molecular flexibility index (Phi) is 3.55. The number of nitrogens with one attached hydrogen (secondary N) is 1. The molecule has 0 unspecified atom stereocenters. The summed E-state index contributed by atoms with van der Waals surface area (Å²) in [6.07, 6.45) is 1.94. The van der Waals surface area contributed by atoms with Crippen molar-refractivity contribution in [1.29, 1.82) is 5.26 Å². The number of carbonyl (C=O) groups is 1. The van der Waals surface area contributed by atoms with Crippen LogP contribution in [0.4, 0.5) is 5.69 Å². The molecular formula is C10H10N2OS. The van der Waals surface area contributed by atoms with Crippen LogP contribution in [0.1, 0.15) is 12.5 Å². The lowest BCUT2D eigenvalue weighted by molar-refractivity contribution is -0.114. The summed E-state index contributed by atoms with van der Waals surface area (Å²) < 4.78 is 0. The summed E-state index contributed by atoms with van der Waals surface area (Å²) in [6.45, 7) is 1.42. The van der Waals surface area contributed by atoms with Gasteiger partial charge in [0.1, 0.15) is 6.07 Å². The fourth-order valence-electron chi connectivity index (χ4n) is 1.04. The molecule has 14 heavy (non-hydrogen) atoms. The van der Waals surface area contributed by atoms with Crippen molar-refractivity contribution < 1.29 is 4.79 Å². The van der Waals surface area contributed by atoms with Crippen LogP contribution in [0.15, 0.2) is 23.1 Å². The molecule has 0 aliphatic rings. The molecule has 1 aromatic rings. The second-order valence-electron chi connectivity index (χ2n) is 2.70. The predicted octanol–water partition coefficient (Wildman–Crippen LogP) is 2.24. The second kappa shape index (κ2) is 4.68. The standard InChI is InChI=1S/C10H10N2OS/c1-7(13)12-10-5-9(14-2)4-3-8(10)6-11/h3-5H,1-2H3,(H,12,13). The van der Waals surface area contributed by atoms with Gasteiger partial charge in [-0.2, -0.15) is 5.26 Å². The number of amides is 1. The highest BCUT2D eigenvalue weighted by atomic mass is 32.2. The Balaban J connectivity index is 3.09. The number of hydrogen-bond acceptors (Lipinski definition) is 3. The van der Waals surface area contributed by atoms with Gasteiger partial charge in [-0.3, -0.25) is 4.79 Å². The zero-order valence-corrected chi connectivity index (χ0v) is 8.81. The molecule has 0 aromatic heterocycles. The highest BCUT2D eigenvalue weighted by Gasteiger charge is 2.04. The largest absolute Gasteiger partial charge is 0.325 e. The Labute approximate surface area is 87.1 Å². The molecule has 0 fully saturated rings. The molecule has 1 rings (SSSR count). The molecule has 72 valence electrons. The van der Waals surface area contributed by atoms with Crippen LogP contribution in [0, 0.1) is 11.3 Å².